The number of carbonyl (C=O) groups excluding carboxylic acids is 1. The summed E-state index contributed by atoms with van der Waals surface area (Å²) in [6, 6.07) is 3.74. The van der Waals surface area contributed by atoms with Gasteiger partial charge in [0.05, 0.1) is 0 Å². The molecule has 0 spiro atoms. The van der Waals surface area contributed by atoms with Gasteiger partial charge in [-0.25, -0.2) is 0 Å². The van der Waals surface area contributed by atoms with Gasteiger partial charge in [0, 0.05) is 32.1 Å². The topological polar surface area (TPSA) is 67.1 Å². The second-order valence-electron chi connectivity index (χ2n) is 5.83. The summed E-state index contributed by atoms with van der Waals surface area (Å²) in [6.07, 6.45) is 5.09. The minimum Gasteiger partial charge on any atom is -0.462 e. The zero-order valence-electron chi connectivity index (χ0n) is 13.3. The molecule has 0 radical (unpaired) electrons. The van der Waals surface area contributed by atoms with Gasteiger partial charge in [0.15, 0.2) is 4.77 Å². The highest BCUT2D eigenvalue weighted by Crippen LogP contribution is 2.26. The van der Waals surface area contributed by atoms with E-state index in [-0.39, 0.29) is 5.91 Å². The van der Waals surface area contributed by atoms with Crippen LogP contribution in [0.2, 0.25) is 0 Å². The van der Waals surface area contributed by atoms with Crippen molar-refractivity contribution in [2.24, 2.45) is 7.05 Å². The molecule has 1 fully saturated rings. The molecule has 0 saturated carbocycles. The number of aromatic nitrogens is 3. The highest BCUT2D eigenvalue weighted by molar-refractivity contribution is 7.71. The van der Waals surface area contributed by atoms with Crippen molar-refractivity contribution in [2.75, 3.05) is 13.1 Å². The summed E-state index contributed by atoms with van der Waals surface area (Å²) in [6.45, 7) is 3.34. The predicted molar refractivity (Wildman–Crippen MR) is 89.4 cm³/mol. The first-order valence-corrected chi connectivity index (χ1v) is 8.10. The lowest BCUT2D eigenvalue weighted by Crippen LogP contribution is -2.37. The van der Waals surface area contributed by atoms with E-state index in [4.69, 9.17) is 16.6 Å². The van der Waals surface area contributed by atoms with Crippen LogP contribution in [0.25, 0.3) is 6.08 Å². The number of nitrogens with one attached hydrogen (secondary N) is 1. The Bertz CT molecular complexity index is 778. The Hall–Kier alpha value is -2.15. The summed E-state index contributed by atoms with van der Waals surface area (Å²) >= 11 is 5.15. The van der Waals surface area contributed by atoms with E-state index in [9.17, 15) is 4.79 Å². The molecule has 7 heteroatoms. The first kappa shape index (κ1) is 15.7. The number of piperidine rings is 1. The molecule has 1 aliphatic heterocycles. The number of hydrogen-bond donors (Lipinski definition) is 1. The highest BCUT2D eigenvalue weighted by atomic mass is 32.1. The van der Waals surface area contributed by atoms with Crippen LogP contribution in [0.15, 0.2) is 22.6 Å². The molecule has 0 bridgehead atoms. The molecule has 1 N–H and O–H groups in total. The zero-order chi connectivity index (χ0) is 16.4. The molecule has 3 rings (SSSR count). The number of rotatable bonds is 3. The van der Waals surface area contributed by atoms with Crippen molar-refractivity contribution in [3.63, 3.8) is 0 Å². The average molecular weight is 332 g/mol. The highest BCUT2D eigenvalue weighted by Gasteiger charge is 2.25. The van der Waals surface area contributed by atoms with Gasteiger partial charge in [-0.1, -0.05) is 0 Å². The molecule has 2 aromatic rings. The van der Waals surface area contributed by atoms with Crippen LogP contribution in [0.3, 0.4) is 0 Å². The van der Waals surface area contributed by atoms with Crippen LogP contribution in [0.1, 0.15) is 36.1 Å². The SMILES string of the molecule is Cc1ccc(/C=C/C(=O)N2CCC(c3n[nH]c(=S)n3C)CC2)o1. The quantitative estimate of drug-likeness (QED) is 0.693. The van der Waals surface area contributed by atoms with Crippen LogP contribution in [0.5, 0.6) is 0 Å². The maximum atomic E-state index is 12.2. The molecule has 2 aromatic heterocycles. The number of likely N-dealkylation sites (tertiary alicyclic amines) is 1. The minimum atomic E-state index is 0.0212. The Balaban J connectivity index is 1.58. The van der Waals surface area contributed by atoms with Crippen molar-refractivity contribution in [1.82, 2.24) is 19.7 Å². The van der Waals surface area contributed by atoms with Gasteiger partial charge in [0.25, 0.3) is 0 Å². The van der Waals surface area contributed by atoms with E-state index < -0.39 is 0 Å². The molecule has 3 heterocycles. The molecule has 23 heavy (non-hydrogen) atoms. The van der Waals surface area contributed by atoms with E-state index in [0.29, 0.717) is 16.4 Å². The molecular weight excluding hydrogens is 312 g/mol. The maximum Gasteiger partial charge on any atom is 0.246 e. The number of hydrogen-bond acceptors (Lipinski definition) is 4. The fraction of sp³-hybridized carbons (Fsp3) is 0.438. The van der Waals surface area contributed by atoms with Crippen LogP contribution in [-0.4, -0.2) is 38.7 Å². The number of furan rings is 1. The monoisotopic (exact) mass is 332 g/mol. The largest absolute Gasteiger partial charge is 0.462 e. The zero-order valence-corrected chi connectivity index (χ0v) is 14.1. The summed E-state index contributed by atoms with van der Waals surface area (Å²) in [5, 5.41) is 7.13. The van der Waals surface area contributed by atoms with Crippen LogP contribution >= 0.6 is 12.2 Å². The molecule has 1 saturated heterocycles. The third-order valence-corrected chi connectivity index (χ3v) is 4.60. The number of aromatic amines is 1. The second-order valence-corrected chi connectivity index (χ2v) is 6.21. The molecule has 1 amide bonds. The van der Waals surface area contributed by atoms with Crippen molar-refractivity contribution in [3.05, 3.63) is 40.3 Å². The van der Waals surface area contributed by atoms with Crippen LogP contribution in [-0.2, 0) is 11.8 Å². The van der Waals surface area contributed by atoms with E-state index in [1.54, 1.807) is 12.2 Å². The van der Waals surface area contributed by atoms with Crippen molar-refractivity contribution < 1.29 is 9.21 Å². The van der Waals surface area contributed by atoms with E-state index in [1.807, 2.05) is 35.6 Å². The summed E-state index contributed by atoms with van der Waals surface area (Å²) in [5.41, 5.74) is 0. The molecule has 0 atom stereocenters. The molecule has 122 valence electrons. The van der Waals surface area contributed by atoms with Gasteiger partial charge in [-0.2, -0.15) is 5.10 Å². The van der Waals surface area contributed by atoms with E-state index in [0.717, 1.165) is 37.5 Å². The first-order valence-electron chi connectivity index (χ1n) is 7.69. The lowest BCUT2D eigenvalue weighted by Gasteiger charge is -2.30. The minimum absolute atomic E-state index is 0.0212. The summed E-state index contributed by atoms with van der Waals surface area (Å²) < 4.78 is 7.98. The number of nitrogens with zero attached hydrogens (tertiary/aromatic N) is 3. The summed E-state index contributed by atoms with van der Waals surface area (Å²) in [5.74, 6) is 2.88. The van der Waals surface area contributed by atoms with Crippen LogP contribution in [0, 0.1) is 11.7 Å². The molecule has 0 aliphatic carbocycles. The van der Waals surface area contributed by atoms with E-state index in [2.05, 4.69) is 10.2 Å². The fourth-order valence-electron chi connectivity index (χ4n) is 2.88. The Morgan fingerprint density at radius 1 is 1.43 bits per heavy atom. The van der Waals surface area contributed by atoms with Crippen molar-refractivity contribution in [1.29, 1.82) is 0 Å². The Kier molecular flexibility index (Phi) is 4.47. The fourth-order valence-corrected chi connectivity index (χ4v) is 3.02. The molecule has 0 unspecified atom stereocenters. The lowest BCUT2D eigenvalue weighted by molar-refractivity contribution is -0.127. The third kappa shape index (κ3) is 3.44. The second kappa shape index (κ2) is 6.54. The van der Waals surface area contributed by atoms with Crippen LogP contribution < -0.4 is 0 Å². The normalized spacial score (nSPS) is 16.3. The van der Waals surface area contributed by atoms with Gasteiger partial charge >= 0.3 is 0 Å². The Morgan fingerprint density at radius 2 is 2.17 bits per heavy atom. The third-order valence-electron chi connectivity index (χ3n) is 4.24. The van der Waals surface area contributed by atoms with E-state index in [1.165, 1.54) is 0 Å². The summed E-state index contributed by atoms with van der Waals surface area (Å²) in [4.78, 5) is 14.1. The standard InChI is InChI=1S/C16H20N4O2S/c1-11-3-4-13(22-11)5-6-14(21)20-9-7-12(8-10-20)15-17-18-16(23)19(15)2/h3-6,12H,7-10H2,1-2H3,(H,18,23)/b6-5+. The van der Waals surface area contributed by atoms with Gasteiger partial charge in [0.2, 0.25) is 5.91 Å². The average Bonchev–Trinajstić information content (AvgIpc) is 3.12. The maximum absolute atomic E-state index is 12.2. The number of carbonyl (C=O) groups is 1. The lowest BCUT2D eigenvalue weighted by atomic mass is 9.96. The van der Waals surface area contributed by atoms with Crippen molar-refractivity contribution >= 4 is 24.2 Å². The Morgan fingerprint density at radius 3 is 2.74 bits per heavy atom. The van der Waals surface area contributed by atoms with Crippen LogP contribution in [0.4, 0.5) is 0 Å². The molecule has 6 nitrogen and oxygen atoms in total. The predicted octanol–water partition coefficient (Wildman–Crippen LogP) is 2.80. The molecular formula is C16H20N4O2S. The number of H-pyrrole nitrogens is 1. The van der Waals surface area contributed by atoms with Crippen molar-refractivity contribution in [3.8, 4) is 0 Å². The van der Waals surface area contributed by atoms with Gasteiger partial charge in [-0.3, -0.25) is 9.89 Å². The van der Waals surface area contributed by atoms with Crippen molar-refractivity contribution in [2.45, 2.75) is 25.7 Å². The molecule has 0 aromatic carbocycles. The van der Waals surface area contributed by atoms with Gasteiger partial charge in [0.1, 0.15) is 17.3 Å². The van der Waals surface area contributed by atoms with Gasteiger partial charge in [-0.15, -0.1) is 0 Å². The van der Waals surface area contributed by atoms with Gasteiger partial charge in [-0.05, 0) is 50.2 Å². The van der Waals surface area contributed by atoms with Gasteiger partial charge < -0.3 is 13.9 Å². The molecule has 1 aliphatic rings. The van der Waals surface area contributed by atoms with E-state index >= 15 is 0 Å². The smallest absolute Gasteiger partial charge is 0.246 e. The summed E-state index contributed by atoms with van der Waals surface area (Å²) in [7, 11) is 1.92. The Labute approximate surface area is 139 Å². The number of aryl methyl sites for hydroxylation is 1. The number of amides is 1. The first-order chi connectivity index (χ1) is 11.0.